The molecule has 11 rings (SSSR count). The number of benzene rings is 8. The Bertz CT molecular complexity index is 3000. The first kappa shape index (κ1) is 32.9. The van der Waals surface area contributed by atoms with Gasteiger partial charge in [0.25, 0.3) is 0 Å². The van der Waals surface area contributed by atoms with Crippen molar-refractivity contribution in [1.29, 1.82) is 0 Å². The molecule has 1 aromatic heterocycles. The molecule has 2 atom stereocenters. The molecule has 0 spiro atoms. The fraction of sp³-hybridized carbons (Fsp3) is 0.0385. The molecule has 0 fully saturated rings. The molecule has 0 radical (unpaired) electrons. The average molecular weight is 732 g/mol. The summed E-state index contributed by atoms with van der Waals surface area (Å²) in [6.45, 7) is 0. The van der Waals surface area contributed by atoms with Crippen LogP contribution in [0.4, 0.5) is 17.1 Å². The maximum Gasteiger partial charge on any atom is 0.145 e. The Balaban J connectivity index is 0.956. The molecule has 2 N–H and O–H groups in total. The van der Waals surface area contributed by atoms with E-state index >= 15 is 0 Å². The molecule has 2 aliphatic heterocycles. The van der Waals surface area contributed by atoms with Crippen LogP contribution in [0.5, 0.6) is 0 Å². The molecule has 3 heterocycles. The summed E-state index contributed by atoms with van der Waals surface area (Å²) in [5, 5.41) is 13.6. The van der Waals surface area contributed by atoms with E-state index in [0.717, 1.165) is 66.9 Å². The summed E-state index contributed by atoms with van der Waals surface area (Å²) in [5.74, 6) is 0. The lowest BCUT2D eigenvalue weighted by molar-refractivity contribution is 0.664. The van der Waals surface area contributed by atoms with Crippen LogP contribution in [0.2, 0.25) is 0 Å². The zero-order valence-corrected chi connectivity index (χ0v) is 31.0. The number of rotatable bonds is 6. The van der Waals surface area contributed by atoms with Gasteiger partial charge in [-0.25, -0.2) is 0 Å². The third-order valence-corrected chi connectivity index (χ3v) is 11.3. The first-order valence-corrected chi connectivity index (χ1v) is 19.5. The lowest BCUT2D eigenvalue weighted by Crippen LogP contribution is -2.24. The molecular formula is C52H37N5. The fourth-order valence-corrected chi connectivity index (χ4v) is 8.58. The van der Waals surface area contributed by atoms with Crippen molar-refractivity contribution >= 4 is 60.9 Å². The Hall–Kier alpha value is -7.50. The van der Waals surface area contributed by atoms with Crippen LogP contribution in [-0.2, 0) is 0 Å². The predicted octanol–water partition coefficient (Wildman–Crippen LogP) is 12.6. The van der Waals surface area contributed by atoms with Crippen LogP contribution in [0.1, 0.15) is 34.6 Å². The highest BCUT2D eigenvalue weighted by Crippen LogP contribution is 2.54. The average Bonchev–Trinajstić information content (AvgIpc) is 3.70. The molecule has 2 unspecified atom stereocenters. The Morgan fingerprint density at radius 3 is 1.88 bits per heavy atom. The zero-order chi connectivity index (χ0) is 37.7. The number of nitrogens with one attached hydrogen (secondary N) is 2. The lowest BCUT2D eigenvalue weighted by Gasteiger charge is -2.29. The van der Waals surface area contributed by atoms with E-state index in [0.29, 0.717) is 0 Å². The van der Waals surface area contributed by atoms with Gasteiger partial charge in [0, 0.05) is 33.4 Å². The lowest BCUT2D eigenvalue weighted by atomic mass is 9.98. The highest BCUT2D eigenvalue weighted by atomic mass is 15.3. The molecule has 270 valence electrons. The summed E-state index contributed by atoms with van der Waals surface area (Å²) in [6.07, 6.45) is 3.74. The molecule has 8 aromatic carbocycles. The van der Waals surface area contributed by atoms with Crippen molar-refractivity contribution in [3.8, 4) is 11.1 Å². The van der Waals surface area contributed by atoms with Crippen molar-refractivity contribution in [2.24, 2.45) is 4.99 Å². The number of nitrogens with zero attached hydrogens (tertiary/aromatic N) is 3. The van der Waals surface area contributed by atoms with Crippen molar-refractivity contribution in [3.05, 3.63) is 223 Å². The minimum absolute atomic E-state index is 0.140. The molecule has 0 amide bonds. The maximum absolute atomic E-state index is 5.10. The molecule has 0 saturated carbocycles. The van der Waals surface area contributed by atoms with E-state index in [1.807, 2.05) is 24.4 Å². The predicted molar refractivity (Wildman–Crippen MR) is 237 cm³/mol. The van der Waals surface area contributed by atoms with E-state index in [2.05, 4.69) is 191 Å². The third-order valence-electron chi connectivity index (χ3n) is 11.3. The van der Waals surface area contributed by atoms with Gasteiger partial charge in [-0.1, -0.05) is 170 Å². The number of hydrogen-bond donors (Lipinski definition) is 2. The van der Waals surface area contributed by atoms with Gasteiger partial charge in [-0.2, -0.15) is 0 Å². The van der Waals surface area contributed by atoms with Crippen molar-refractivity contribution in [2.45, 2.75) is 12.3 Å². The molecule has 9 aromatic rings. The van der Waals surface area contributed by atoms with Gasteiger partial charge in [0.15, 0.2) is 0 Å². The normalized spacial score (nSPS) is 16.2. The van der Waals surface area contributed by atoms with Crippen LogP contribution in [-0.4, -0.2) is 10.7 Å². The van der Waals surface area contributed by atoms with E-state index in [1.165, 1.54) is 27.4 Å². The van der Waals surface area contributed by atoms with Crippen molar-refractivity contribution in [1.82, 2.24) is 10.3 Å². The summed E-state index contributed by atoms with van der Waals surface area (Å²) < 4.78 is 0. The molecule has 57 heavy (non-hydrogen) atoms. The van der Waals surface area contributed by atoms with E-state index in [9.17, 15) is 0 Å². The van der Waals surface area contributed by atoms with Crippen LogP contribution in [0.3, 0.4) is 0 Å². The van der Waals surface area contributed by atoms with Crippen molar-refractivity contribution in [2.75, 3.05) is 10.2 Å². The monoisotopic (exact) mass is 731 g/mol. The smallest absolute Gasteiger partial charge is 0.145 e. The van der Waals surface area contributed by atoms with Crippen LogP contribution < -0.4 is 15.5 Å². The van der Waals surface area contributed by atoms with Gasteiger partial charge in [0.05, 0.1) is 28.3 Å². The fourth-order valence-electron chi connectivity index (χ4n) is 8.58. The zero-order valence-electron chi connectivity index (χ0n) is 31.0. The highest BCUT2D eigenvalue weighted by molar-refractivity contribution is 6.21. The number of anilines is 3. The second-order valence-corrected chi connectivity index (χ2v) is 14.7. The standard InChI is InChI=1S/C52H37N5/c1-3-14-37(15-4-1)45-33-46(55-51(54-45)39-16-5-2-6-17-39)38-28-24-34(25-29-38)35-26-30-40(31-27-35)52-56-49-44-22-12-32-53-48(44)42-20-9-10-21-43(42)50(49)57(52)47-23-11-18-36-13-7-8-19-41(36)47/h1-33,51-52,55-56H. The summed E-state index contributed by atoms with van der Waals surface area (Å²) >= 11 is 0. The summed E-state index contributed by atoms with van der Waals surface area (Å²) in [6, 6.07) is 66.9. The largest absolute Gasteiger partial charge is 0.360 e. The topological polar surface area (TPSA) is 52.6 Å². The quantitative estimate of drug-likeness (QED) is 0.167. The molecule has 5 nitrogen and oxygen atoms in total. The highest BCUT2D eigenvalue weighted by Gasteiger charge is 2.35. The van der Waals surface area contributed by atoms with Crippen LogP contribution in [0, 0.1) is 0 Å². The third kappa shape index (κ3) is 5.71. The molecule has 2 aliphatic rings. The molecule has 0 saturated heterocycles. The second-order valence-electron chi connectivity index (χ2n) is 14.7. The van der Waals surface area contributed by atoms with Crippen LogP contribution in [0.15, 0.2) is 205 Å². The first-order chi connectivity index (χ1) is 28.3. The molecule has 0 bridgehead atoms. The van der Waals surface area contributed by atoms with E-state index < -0.39 is 0 Å². The van der Waals surface area contributed by atoms with Crippen LogP contribution >= 0.6 is 0 Å². The van der Waals surface area contributed by atoms with E-state index in [1.54, 1.807) is 0 Å². The molecular weight excluding hydrogens is 695 g/mol. The van der Waals surface area contributed by atoms with Gasteiger partial charge in [0.1, 0.15) is 12.3 Å². The first-order valence-electron chi connectivity index (χ1n) is 19.5. The number of pyridine rings is 1. The Morgan fingerprint density at radius 1 is 0.456 bits per heavy atom. The minimum Gasteiger partial charge on any atom is -0.360 e. The summed E-state index contributed by atoms with van der Waals surface area (Å²) in [7, 11) is 0. The summed E-state index contributed by atoms with van der Waals surface area (Å²) in [5.41, 5.74) is 13.3. The van der Waals surface area contributed by atoms with Crippen molar-refractivity contribution in [3.63, 3.8) is 0 Å². The Labute approximate surface area is 331 Å². The van der Waals surface area contributed by atoms with Gasteiger partial charge in [0.2, 0.25) is 0 Å². The van der Waals surface area contributed by atoms with Gasteiger partial charge in [-0.15, -0.1) is 0 Å². The summed E-state index contributed by atoms with van der Waals surface area (Å²) in [4.78, 5) is 12.5. The second kappa shape index (κ2) is 13.7. The number of fused-ring (bicyclic) bond motifs is 7. The Morgan fingerprint density at radius 2 is 1.09 bits per heavy atom. The minimum atomic E-state index is -0.176. The number of allylic oxidation sites excluding steroid dienone is 1. The van der Waals surface area contributed by atoms with Gasteiger partial charge in [-0.3, -0.25) is 9.98 Å². The van der Waals surface area contributed by atoms with Crippen molar-refractivity contribution < 1.29 is 0 Å². The van der Waals surface area contributed by atoms with E-state index in [4.69, 9.17) is 9.98 Å². The van der Waals surface area contributed by atoms with E-state index in [-0.39, 0.29) is 12.3 Å². The number of aromatic nitrogens is 1. The maximum atomic E-state index is 5.10. The number of aliphatic imine (C=N–C) groups is 1. The molecule has 5 heteroatoms. The Kier molecular flexibility index (Phi) is 7.88. The van der Waals surface area contributed by atoms with Gasteiger partial charge in [-0.05, 0) is 63.0 Å². The number of hydrogen-bond acceptors (Lipinski definition) is 5. The SMILES string of the molecule is C1=C(c2ccc(-c3ccc(C4Nc5c(c6ccccc6c6ncccc56)N4c4cccc5ccccc45)cc3)cc2)NC(c2ccccc2)N=C1c1ccccc1. The van der Waals surface area contributed by atoms with Gasteiger partial charge >= 0.3 is 0 Å². The van der Waals surface area contributed by atoms with Crippen LogP contribution in [0.25, 0.3) is 49.3 Å². The van der Waals surface area contributed by atoms with Gasteiger partial charge < -0.3 is 15.5 Å². The molecule has 0 aliphatic carbocycles.